The zero-order chi connectivity index (χ0) is 21.7. The molecule has 2 aromatic carbocycles. The van der Waals surface area contributed by atoms with Crippen LogP contribution in [-0.4, -0.2) is 17.6 Å². The Morgan fingerprint density at radius 2 is 1.90 bits per heavy atom. The van der Waals surface area contributed by atoms with Crippen molar-refractivity contribution in [3.8, 4) is 6.07 Å². The second-order valence-electron chi connectivity index (χ2n) is 7.32. The van der Waals surface area contributed by atoms with Crippen molar-refractivity contribution in [1.29, 1.82) is 5.26 Å². The molecule has 154 valence electrons. The topological polar surface area (TPSA) is 82.0 Å². The van der Waals surface area contributed by atoms with E-state index < -0.39 is 0 Å². The van der Waals surface area contributed by atoms with Gasteiger partial charge in [-0.2, -0.15) is 5.26 Å². The first-order valence-electron chi connectivity index (χ1n) is 9.59. The van der Waals surface area contributed by atoms with Crippen LogP contribution in [0.1, 0.15) is 43.2 Å². The maximum Gasteiger partial charge on any atom is 0.234 e. The van der Waals surface area contributed by atoms with Crippen molar-refractivity contribution in [1.82, 2.24) is 5.32 Å². The number of anilines is 1. The second kappa shape index (κ2) is 9.84. The average Bonchev–Trinajstić information content (AvgIpc) is 2.73. The molecule has 2 aromatic rings. The summed E-state index contributed by atoms with van der Waals surface area (Å²) in [6, 6.07) is 17.1. The zero-order valence-corrected chi connectivity index (χ0v) is 18.3. The van der Waals surface area contributed by atoms with Gasteiger partial charge in [-0.1, -0.05) is 61.5 Å². The Morgan fingerprint density at radius 1 is 1.23 bits per heavy atom. The number of amides is 2. The molecule has 1 aliphatic heterocycles. The predicted molar refractivity (Wildman–Crippen MR) is 121 cm³/mol. The van der Waals surface area contributed by atoms with Gasteiger partial charge in [0.05, 0.1) is 22.4 Å². The number of nitrogens with zero attached hydrogens (tertiary/aromatic N) is 1. The highest BCUT2D eigenvalue weighted by Gasteiger charge is 2.29. The molecule has 1 aliphatic rings. The minimum atomic E-state index is -0.313. The summed E-state index contributed by atoms with van der Waals surface area (Å²) in [5.74, 6) is -0.225. The first kappa shape index (κ1) is 21.9. The van der Waals surface area contributed by atoms with Crippen LogP contribution < -0.4 is 10.6 Å². The van der Waals surface area contributed by atoms with Crippen LogP contribution in [0.3, 0.4) is 0 Å². The van der Waals surface area contributed by atoms with E-state index >= 15 is 0 Å². The molecular formula is C23H22ClN3O2S. The Hall–Kier alpha value is -2.75. The standard InChI is InChI=1S/C23H22ClN3O2S/c1-14(2)15-3-5-16(6-4-15)19-11-21(28)27-23(20(19)12-25)30-13-22(29)26-18-9-7-17(24)8-10-18/h3-10,14,19H,11,13H2,1-2H3,(H,26,29)(H,27,28)/t19-/m0/s1. The molecular weight excluding hydrogens is 418 g/mol. The molecule has 0 saturated heterocycles. The second-order valence-corrected chi connectivity index (χ2v) is 8.75. The van der Waals surface area contributed by atoms with Gasteiger partial charge < -0.3 is 10.6 Å². The van der Waals surface area contributed by atoms with Gasteiger partial charge in [-0.15, -0.1) is 0 Å². The van der Waals surface area contributed by atoms with Crippen molar-refractivity contribution < 1.29 is 9.59 Å². The Balaban J connectivity index is 1.74. The highest BCUT2D eigenvalue weighted by atomic mass is 35.5. The number of nitriles is 1. The largest absolute Gasteiger partial charge is 0.325 e. The fourth-order valence-electron chi connectivity index (χ4n) is 3.20. The number of hydrogen-bond donors (Lipinski definition) is 2. The lowest BCUT2D eigenvalue weighted by atomic mass is 9.86. The van der Waals surface area contributed by atoms with E-state index in [2.05, 4.69) is 30.6 Å². The molecule has 0 unspecified atom stereocenters. The number of rotatable bonds is 6. The van der Waals surface area contributed by atoms with Crippen molar-refractivity contribution in [2.45, 2.75) is 32.1 Å². The van der Waals surface area contributed by atoms with Crippen LogP contribution >= 0.6 is 23.4 Å². The number of allylic oxidation sites excluding steroid dienone is 1. The average molecular weight is 440 g/mol. The number of halogens is 1. The third-order valence-corrected chi connectivity index (χ3v) is 6.11. The molecule has 0 fully saturated rings. The van der Waals surface area contributed by atoms with Gasteiger partial charge >= 0.3 is 0 Å². The van der Waals surface area contributed by atoms with Gasteiger partial charge in [0, 0.05) is 23.0 Å². The molecule has 3 rings (SSSR count). The fraction of sp³-hybridized carbons (Fsp3) is 0.261. The first-order chi connectivity index (χ1) is 14.4. The Morgan fingerprint density at radius 3 is 2.50 bits per heavy atom. The molecule has 0 aromatic heterocycles. The molecule has 0 spiro atoms. The quantitative estimate of drug-likeness (QED) is 0.650. The number of benzene rings is 2. The summed E-state index contributed by atoms with van der Waals surface area (Å²) in [6.07, 6.45) is 0.213. The summed E-state index contributed by atoms with van der Waals surface area (Å²) in [6.45, 7) is 4.24. The summed E-state index contributed by atoms with van der Waals surface area (Å²) in [5, 5.41) is 16.3. The monoisotopic (exact) mass is 439 g/mol. The van der Waals surface area contributed by atoms with Gasteiger partial charge in [0.25, 0.3) is 0 Å². The van der Waals surface area contributed by atoms with Crippen LogP contribution in [-0.2, 0) is 9.59 Å². The van der Waals surface area contributed by atoms with Crippen LogP contribution in [0.15, 0.2) is 59.1 Å². The highest BCUT2D eigenvalue weighted by molar-refractivity contribution is 8.03. The van der Waals surface area contributed by atoms with Crippen molar-refractivity contribution >= 4 is 40.9 Å². The molecule has 30 heavy (non-hydrogen) atoms. The molecule has 0 aliphatic carbocycles. The van der Waals surface area contributed by atoms with Crippen LogP contribution in [0.25, 0.3) is 0 Å². The van der Waals surface area contributed by atoms with E-state index in [0.29, 0.717) is 27.2 Å². The molecule has 5 nitrogen and oxygen atoms in total. The highest BCUT2D eigenvalue weighted by Crippen LogP contribution is 2.36. The number of nitrogens with one attached hydrogen (secondary N) is 2. The van der Waals surface area contributed by atoms with Crippen molar-refractivity contribution in [2.24, 2.45) is 0 Å². The van der Waals surface area contributed by atoms with Gasteiger partial charge in [-0.3, -0.25) is 9.59 Å². The summed E-state index contributed by atoms with van der Waals surface area (Å²) >= 11 is 7.01. The number of carbonyl (C=O) groups excluding carboxylic acids is 2. The Bertz CT molecular complexity index is 1010. The lowest BCUT2D eigenvalue weighted by Gasteiger charge is -2.25. The molecule has 7 heteroatoms. The molecule has 2 amide bonds. The number of thioether (sulfide) groups is 1. The molecule has 2 N–H and O–H groups in total. The third kappa shape index (κ3) is 5.44. The minimum absolute atomic E-state index is 0.0719. The van der Waals surface area contributed by atoms with Gasteiger partial charge in [-0.25, -0.2) is 0 Å². The normalized spacial score (nSPS) is 16.2. The van der Waals surface area contributed by atoms with E-state index in [1.807, 2.05) is 24.3 Å². The van der Waals surface area contributed by atoms with Crippen LogP contribution in [0.4, 0.5) is 5.69 Å². The summed E-state index contributed by atoms with van der Waals surface area (Å²) < 4.78 is 0. The SMILES string of the molecule is CC(C)c1ccc([C@@H]2CC(=O)NC(SCC(=O)Nc3ccc(Cl)cc3)=C2C#N)cc1. The molecule has 0 radical (unpaired) electrons. The van der Waals surface area contributed by atoms with Crippen LogP contribution in [0.5, 0.6) is 0 Å². The number of hydrogen-bond acceptors (Lipinski definition) is 4. The molecule has 1 atom stereocenters. The summed E-state index contributed by atoms with van der Waals surface area (Å²) in [7, 11) is 0. The van der Waals surface area contributed by atoms with Crippen molar-refractivity contribution in [3.63, 3.8) is 0 Å². The molecule has 0 saturated carbocycles. The van der Waals surface area contributed by atoms with Gasteiger partial charge in [0.1, 0.15) is 0 Å². The van der Waals surface area contributed by atoms with E-state index in [-0.39, 0.29) is 29.9 Å². The summed E-state index contributed by atoms with van der Waals surface area (Å²) in [4.78, 5) is 24.6. The smallest absolute Gasteiger partial charge is 0.234 e. The van der Waals surface area contributed by atoms with E-state index in [0.717, 1.165) is 17.3 Å². The van der Waals surface area contributed by atoms with Crippen molar-refractivity contribution in [3.05, 3.63) is 75.3 Å². The third-order valence-electron chi connectivity index (χ3n) is 4.84. The summed E-state index contributed by atoms with van der Waals surface area (Å²) in [5.41, 5.74) is 3.25. The van der Waals surface area contributed by atoms with E-state index in [1.54, 1.807) is 24.3 Å². The predicted octanol–water partition coefficient (Wildman–Crippen LogP) is 5.17. The Labute approximate surface area is 185 Å². The maximum atomic E-state index is 12.3. The maximum absolute atomic E-state index is 12.3. The zero-order valence-electron chi connectivity index (χ0n) is 16.7. The minimum Gasteiger partial charge on any atom is -0.325 e. The molecule has 1 heterocycles. The van der Waals surface area contributed by atoms with Gasteiger partial charge in [0.2, 0.25) is 11.8 Å². The Kier molecular flexibility index (Phi) is 7.20. The van der Waals surface area contributed by atoms with Crippen LogP contribution in [0, 0.1) is 11.3 Å². The van der Waals surface area contributed by atoms with Gasteiger partial charge in [0.15, 0.2) is 0 Å². The lowest BCUT2D eigenvalue weighted by Crippen LogP contribution is -2.31. The number of carbonyl (C=O) groups is 2. The van der Waals surface area contributed by atoms with Gasteiger partial charge in [-0.05, 0) is 41.3 Å². The van der Waals surface area contributed by atoms with E-state index in [9.17, 15) is 14.9 Å². The lowest BCUT2D eigenvalue weighted by molar-refractivity contribution is -0.121. The fourth-order valence-corrected chi connectivity index (χ4v) is 4.20. The van der Waals surface area contributed by atoms with Crippen LogP contribution in [0.2, 0.25) is 5.02 Å². The van der Waals surface area contributed by atoms with E-state index in [1.165, 1.54) is 5.56 Å². The first-order valence-corrected chi connectivity index (χ1v) is 11.0. The van der Waals surface area contributed by atoms with E-state index in [4.69, 9.17) is 11.6 Å². The molecule has 0 bridgehead atoms. The van der Waals surface area contributed by atoms with Crippen molar-refractivity contribution in [2.75, 3.05) is 11.1 Å².